The van der Waals surface area contributed by atoms with Crippen LogP contribution in [0.3, 0.4) is 0 Å². The zero-order valence-electron chi connectivity index (χ0n) is 9.77. The Labute approximate surface area is 124 Å². The third-order valence-electron chi connectivity index (χ3n) is 2.35. The van der Waals surface area contributed by atoms with Crippen molar-refractivity contribution < 1.29 is 12.8 Å². The van der Waals surface area contributed by atoms with E-state index >= 15 is 0 Å². The van der Waals surface area contributed by atoms with Gasteiger partial charge in [-0.25, -0.2) is 17.8 Å². The first-order valence-electron chi connectivity index (χ1n) is 5.19. The van der Waals surface area contributed by atoms with Crippen LogP contribution in [0.1, 0.15) is 0 Å². The van der Waals surface area contributed by atoms with Crippen LogP contribution in [0, 0.1) is 5.82 Å². The van der Waals surface area contributed by atoms with E-state index in [1.165, 1.54) is 12.1 Å². The van der Waals surface area contributed by atoms with E-state index in [1.54, 1.807) is 0 Å². The van der Waals surface area contributed by atoms with Gasteiger partial charge in [-0.05, 0) is 18.2 Å². The number of pyridine rings is 1. The van der Waals surface area contributed by atoms with E-state index in [2.05, 4.69) is 4.98 Å². The maximum atomic E-state index is 13.6. The van der Waals surface area contributed by atoms with Crippen molar-refractivity contribution in [2.45, 2.75) is 4.90 Å². The van der Waals surface area contributed by atoms with E-state index in [1.807, 2.05) is 4.72 Å². The molecule has 20 heavy (non-hydrogen) atoms. The Morgan fingerprint density at radius 1 is 1.25 bits per heavy atom. The van der Waals surface area contributed by atoms with Crippen molar-refractivity contribution in [3.63, 3.8) is 0 Å². The number of nitrogen functional groups attached to an aromatic ring is 1. The fourth-order valence-corrected chi connectivity index (χ4v) is 2.92. The summed E-state index contributed by atoms with van der Waals surface area (Å²) in [5.41, 5.74) is 5.05. The van der Waals surface area contributed by atoms with Gasteiger partial charge in [0.05, 0.1) is 10.0 Å². The SMILES string of the molecule is Nc1ncc(S(=O)(=O)Nc2c(F)cccc2Cl)cc1Cl. The summed E-state index contributed by atoms with van der Waals surface area (Å²) in [6, 6.07) is 4.91. The summed E-state index contributed by atoms with van der Waals surface area (Å²) in [7, 11) is -4.07. The number of hydrogen-bond acceptors (Lipinski definition) is 4. The Bertz CT molecular complexity index is 748. The van der Waals surface area contributed by atoms with Gasteiger partial charge in [0.1, 0.15) is 22.2 Å². The molecule has 0 aliphatic rings. The van der Waals surface area contributed by atoms with Gasteiger partial charge >= 0.3 is 0 Å². The molecule has 0 aliphatic carbocycles. The highest BCUT2D eigenvalue weighted by molar-refractivity contribution is 7.92. The van der Waals surface area contributed by atoms with Gasteiger partial charge in [0.25, 0.3) is 10.0 Å². The predicted octanol–water partition coefficient (Wildman–Crippen LogP) is 2.91. The normalized spacial score (nSPS) is 11.3. The summed E-state index contributed by atoms with van der Waals surface area (Å²) in [5, 5.41) is -0.0874. The van der Waals surface area contributed by atoms with Gasteiger partial charge in [0, 0.05) is 6.20 Å². The van der Waals surface area contributed by atoms with Crippen molar-refractivity contribution in [3.8, 4) is 0 Å². The van der Waals surface area contributed by atoms with E-state index < -0.39 is 15.8 Å². The molecule has 0 unspecified atom stereocenters. The third-order valence-corrected chi connectivity index (χ3v) is 4.29. The molecule has 0 saturated carbocycles. The van der Waals surface area contributed by atoms with Crippen LogP contribution in [0.15, 0.2) is 35.4 Å². The standard InChI is InChI=1S/C11H8Cl2FN3O2S/c12-7-2-1-3-9(14)10(7)17-20(18,19)6-4-8(13)11(15)16-5-6/h1-5,17H,(H2,15,16). The molecule has 0 atom stereocenters. The van der Waals surface area contributed by atoms with Crippen molar-refractivity contribution in [3.05, 3.63) is 46.3 Å². The molecule has 0 radical (unpaired) electrons. The number of aromatic nitrogens is 1. The second-order valence-corrected chi connectivity index (χ2v) is 6.24. The second kappa shape index (κ2) is 5.43. The molecule has 5 nitrogen and oxygen atoms in total. The Morgan fingerprint density at radius 3 is 2.55 bits per heavy atom. The summed E-state index contributed by atoms with van der Waals surface area (Å²) < 4.78 is 39.8. The van der Waals surface area contributed by atoms with Crippen LogP contribution < -0.4 is 10.5 Å². The van der Waals surface area contributed by atoms with Crippen LogP contribution in [0.25, 0.3) is 0 Å². The molecule has 9 heteroatoms. The number of hydrogen-bond donors (Lipinski definition) is 2. The largest absolute Gasteiger partial charge is 0.382 e. The van der Waals surface area contributed by atoms with Gasteiger partial charge in [-0.1, -0.05) is 29.3 Å². The molecule has 3 N–H and O–H groups in total. The molecule has 0 spiro atoms. The first kappa shape index (κ1) is 14.8. The Balaban J connectivity index is 2.43. The third kappa shape index (κ3) is 2.95. The molecule has 0 bridgehead atoms. The lowest BCUT2D eigenvalue weighted by Crippen LogP contribution is -2.15. The molecule has 1 heterocycles. The number of nitrogens with zero attached hydrogens (tertiary/aromatic N) is 1. The zero-order valence-corrected chi connectivity index (χ0v) is 12.1. The summed E-state index contributed by atoms with van der Waals surface area (Å²) in [6.07, 6.45) is 1.01. The van der Waals surface area contributed by atoms with Crippen LogP contribution in [0.5, 0.6) is 0 Å². The van der Waals surface area contributed by atoms with Gasteiger partial charge in [-0.15, -0.1) is 0 Å². The summed E-state index contributed by atoms with van der Waals surface area (Å²) in [4.78, 5) is 3.38. The van der Waals surface area contributed by atoms with Crippen LogP contribution in [0.2, 0.25) is 10.0 Å². The van der Waals surface area contributed by atoms with E-state index in [4.69, 9.17) is 28.9 Å². The van der Waals surface area contributed by atoms with E-state index in [0.717, 1.165) is 18.3 Å². The van der Waals surface area contributed by atoms with Crippen LogP contribution >= 0.6 is 23.2 Å². The van der Waals surface area contributed by atoms with Crippen LogP contribution in [0.4, 0.5) is 15.9 Å². The van der Waals surface area contributed by atoms with Gasteiger partial charge in [0.15, 0.2) is 0 Å². The van der Waals surface area contributed by atoms with Gasteiger partial charge < -0.3 is 5.73 Å². The average molecular weight is 336 g/mol. The van der Waals surface area contributed by atoms with E-state index in [9.17, 15) is 12.8 Å². The van der Waals surface area contributed by atoms with E-state index in [-0.39, 0.29) is 26.4 Å². The first-order valence-corrected chi connectivity index (χ1v) is 7.43. The number of nitrogens with one attached hydrogen (secondary N) is 1. The average Bonchev–Trinajstić information content (AvgIpc) is 2.37. The molecular weight excluding hydrogens is 328 g/mol. The Hall–Kier alpha value is -1.57. The highest BCUT2D eigenvalue weighted by Gasteiger charge is 2.19. The summed E-state index contributed by atoms with van der Waals surface area (Å²) in [6.45, 7) is 0. The number of nitrogens with two attached hydrogens (primary N) is 1. The fraction of sp³-hybridized carbons (Fsp3) is 0. The molecule has 106 valence electrons. The van der Waals surface area contributed by atoms with Crippen molar-refractivity contribution in [2.24, 2.45) is 0 Å². The number of para-hydroxylation sites is 1. The monoisotopic (exact) mass is 335 g/mol. The fourth-order valence-electron chi connectivity index (χ4n) is 1.37. The highest BCUT2D eigenvalue weighted by Crippen LogP contribution is 2.28. The van der Waals surface area contributed by atoms with Gasteiger partial charge in [-0.2, -0.15) is 0 Å². The Morgan fingerprint density at radius 2 is 1.95 bits per heavy atom. The quantitative estimate of drug-likeness (QED) is 0.902. The second-order valence-electron chi connectivity index (χ2n) is 3.74. The molecule has 2 rings (SSSR count). The first-order chi connectivity index (χ1) is 9.31. The number of rotatable bonds is 3. The molecular formula is C11H8Cl2FN3O2S. The van der Waals surface area contributed by atoms with Crippen molar-refractivity contribution in [1.82, 2.24) is 4.98 Å². The van der Waals surface area contributed by atoms with Crippen molar-refractivity contribution in [2.75, 3.05) is 10.5 Å². The minimum absolute atomic E-state index is 0.00505. The highest BCUT2D eigenvalue weighted by atomic mass is 35.5. The minimum Gasteiger partial charge on any atom is -0.382 e. The minimum atomic E-state index is -4.07. The van der Waals surface area contributed by atoms with E-state index in [0.29, 0.717) is 0 Å². The maximum absolute atomic E-state index is 13.6. The molecule has 1 aromatic carbocycles. The van der Waals surface area contributed by atoms with Gasteiger partial charge in [0.2, 0.25) is 0 Å². The molecule has 0 amide bonds. The number of anilines is 2. The zero-order chi connectivity index (χ0) is 14.9. The topological polar surface area (TPSA) is 85.1 Å². The smallest absolute Gasteiger partial charge is 0.263 e. The van der Waals surface area contributed by atoms with Crippen LogP contribution in [-0.4, -0.2) is 13.4 Å². The summed E-state index contributed by atoms with van der Waals surface area (Å²) in [5.74, 6) is -0.801. The number of benzene rings is 1. The Kier molecular flexibility index (Phi) is 4.03. The summed E-state index contributed by atoms with van der Waals surface area (Å²) >= 11 is 11.5. The lowest BCUT2D eigenvalue weighted by atomic mass is 10.3. The predicted molar refractivity (Wildman–Crippen MR) is 75.9 cm³/mol. The van der Waals surface area contributed by atoms with Gasteiger partial charge in [-0.3, -0.25) is 4.72 Å². The molecule has 0 saturated heterocycles. The van der Waals surface area contributed by atoms with Crippen LogP contribution in [-0.2, 0) is 10.0 Å². The molecule has 1 aromatic heterocycles. The lowest BCUT2D eigenvalue weighted by Gasteiger charge is -2.10. The molecule has 2 aromatic rings. The van der Waals surface area contributed by atoms with Crippen molar-refractivity contribution >= 4 is 44.7 Å². The van der Waals surface area contributed by atoms with Crippen molar-refractivity contribution in [1.29, 1.82) is 0 Å². The maximum Gasteiger partial charge on any atom is 0.263 e. The molecule has 0 fully saturated rings. The molecule has 0 aliphatic heterocycles. The number of sulfonamides is 1. The number of halogens is 3. The lowest BCUT2D eigenvalue weighted by molar-refractivity contribution is 0.598.